The molecule has 144 valence electrons. The molecule has 1 amide bonds. The lowest BCUT2D eigenvalue weighted by Gasteiger charge is -2.45. The highest BCUT2D eigenvalue weighted by molar-refractivity contribution is 5.77. The Kier molecular flexibility index (Phi) is 6.36. The van der Waals surface area contributed by atoms with Crippen LogP contribution in [0.4, 0.5) is 0 Å². The highest BCUT2D eigenvalue weighted by Crippen LogP contribution is 2.33. The summed E-state index contributed by atoms with van der Waals surface area (Å²) in [5, 5.41) is 21.6. The average molecular weight is 354 g/mol. The monoisotopic (exact) mass is 354 g/mol. The van der Waals surface area contributed by atoms with Crippen molar-refractivity contribution in [1.29, 1.82) is 0 Å². The van der Waals surface area contributed by atoms with Crippen LogP contribution in [0.1, 0.15) is 57.8 Å². The SMILES string of the molecule is CN(C(=O)CC1(O)CCCCC1)[C@@H]1CCC[C@@H](N2CCOCC2)[C@@H]1O. The molecule has 1 saturated heterocycles. The maximum absolute atomic E-state index is 12.8. The topological polar surface area (TPSA) is 73.2 Å². The van der Waals surface area contributed by atoms with Crippen molar-refractivity contribution in [3.63, 3.8) is 0 Å². The second-order valence-electron chi connectivity index (χ2n) is 8.17. The molecule has 2 saturated carbocycles. The van der Waals surface area contributed by atoms with Gasteiger partial charge in [-0.25, -0.2) is 0 Å². The van der Waals surface area contributed by atoms with Crippen LogP contribution < -0.4 is 0 Å². The third kappa shape index (κ3) is 4.54. The van der Waals surface area contributed by atoms with E-state index in [9.17, 15) is 15.0 Å². The highest BCUT2D eigenvalue weighted by atomic mass is 16.5. The lowest BCUT2D eigenvalue weighted by Crippen LogP contribution is -2.59. The summed E-state index contributed by atoms with van der Waals surface area (Å²) in [6, 6.07) is -0.0445. The Morgan fingerprint density at radius 2 is 1.84 bits per heavy atom. The first-order valence-corrected chi connectivity index (χ1v) is 9.98. The molecule has 0 spiro atoms. The van der Waals surface area contributed by atoms with Gasteiger partial charge in [0.15, 0.2) is 0 Å². The van der Waals surface area contributed by atoms with Crippen molar-refractivity contribution in [2.75, 3.05) is 33.4 Å². The molecule has 0 unspecified atom stereocenters. The van der Waals surface area contributed by atoms with Crippen molar-refractivity contribution in [2.45, 2.75) is 81.6 Å². The first-order valence-electron chi connectivity index (χ1n) is 9.98. The third-order valence-corrected chi connectivity index (χ3v) is 6.46. The Hall–Kier alpha value is -0.690. The summed E-state index contributed by atoms with van der Waals surface area (Å²) in [5.74, 6) is -0.0314. The number of likely N-dealkylation sites (N-methyl/N-ethyl adjacent to an activating group) is 1. The number of morpholine rings is 1. The second kappa shape index (κ2) is 8.33. The number of carbonyl (C=O) groups excluding carboxylic acids is 1. The number of hydrogen-bond acceptors (Lipinski definition) is 5. The molecule has 6 nitrogen and oxygen atoms in total. The van der Waals surface area contributed by atoms with Gasteiger partial charge in [0.2, 0.25) is 5.91 Å². The Bertz CT molecular complexity index is 447. The summed E-state index contributed by atoms with van der Waals surface area (Å²) in [4.78, 5) is 16.8. The Balaban J connectivity index is 1.59. The Morgan fingerprint density at radius 3 is 2.52 bits per heavy atom. The normalized spacial score (nSPS) is 33.8. The summed E-state index contributed by atoms with van der Waals surface area (Å²) in [6.07, 6.45) is 7.08. The van der Waals surface area contributed by atoms with Crippen LogP contribution in [0.25, 0.3) is 0 Å². The molecule has 0 aromatic rings. The average Bonchev–Trinajstić information content (AvgIpc) is 2.62. The molecule has 1 heterocycles. The van der Waals surface area contributed by atoms with Crippen molar-refractivity contribution >= 4 is 5.91 Å². The van der Waals surface area contributed by atoms with Crippen LogP contribution in [-0.4, -0.2) is 83.1 Å². The standard InChI is InChI=1S/C19H34N2O4/c1-20(17(22)14-19(24)8-3-2-4-9-19)15-6-5-7-16(18(15)23)21-10-12-25-13-11-21/h15-16,18,23-24H,2-14H2,1H3/t15-,16-,18-/m1/s1. The second-order valence-corrected chi connectivity index (χ2v) is 8.17. The molecular formula is C19H34N2O4. The number of carbonyl (C=O) groups is 1. The van der Waals surface area contributed by atoms with Crippen molar-refractivity contribution < 1.29 is 19.7 Å². The van der Waals surface area contributed by atoms with Crippen LogP contribution >= 0.6 is 0 Å². The lowest BCUT2D eigenvalue weighted by molar-refractivity contribution is -0.144. The van der Waals surface area contributed by atoms with Crippen LogP contribution in [0, 0.1) is 0 Å². The fraction of sp³-hybridized carbons (Fsp3) is 0.947. The predicted molar refractivity (Wildman–Crippen MR) is 95.2 cm³/mol. The van der Waals surface area contributed by atoms with Gasteiger partial charge in [-0.15, -0.1) is 0 Å². The van der Waals surface area contributed by atoms with E-state index in [1.54, 1.807) is 11.9 Å². The number of nitrogens with zero attached hydrogens (tertiary/aromatic N) is 2. The summed E-state index contributed by atoms with van der Waals surface area (Å²) in [6.45, 7) is 3.14. The van der Waals surface area contributed by atoms with Crippen molar-refractivity contribution in [3.05, 3.63) is 0 Å². The minimum Gasteiger partial charge on any atom is -0.389 e. The predicted octanol–water partition coefficient (Wildman–Crippen LogP) is 1.14. The third-order valence-electron chi connectivity index (χ3n) is 6.46. The first kappa shape index (κ1) is 19.1. The molecule has 0 bridgehead atoms. The molecule has 3 atom stereocenters. The number of rotatable bonds is 4. The molecule has 1 aliphatic heterocycles. The number of ether oxygens (including phenoxy) is 1. The zero-order valence-corrected chi connectivity index (χ0v) is 15.5. The maximum atomic E-state index is 12.8. The maximum Gasteiger partial charge on any atom is 0.225 e. The molecule has 0 aromatic heterocycles. The van der Waals surface area contributed by atoms with Gasteiger partial charge in [0.05, 0.1) is 37.4 Å². The van der Waals surface area contributed by atoms with Gasteiger partial charge < -0.3 is 19.8 Å². The van der Waals surface area contributed by atoms with Crippen LogP contribution in [-0.2, 0) is 9.53 Å². The smallest absolute Gasteiger partial charge is 0.225 e. The fourth-order valence-corrected chi connectivity index (χ4v) is 4.84. The molecule has 3 fully saturated rings. The van der Waals surface area contributed by atoms with E-state index in [4.69, 9.17) is 4.74 Å². The molecular weight excluding hydrogens is 320 g/mol. The van der Waals surface area contributed by atoms with Gasteiger partial charge in [-0.3, -0.25) is 9.69 Å². The van der Waals surface area contributed by atoms with E-state index in [0.717, 1.165) is 77.7 Å². The molecule has 0 aromatic carbocycles. The number of hydrogen-bond donors (Lipinski definition) is 2. The summed E-state index contributed by atoms with van der Waals surface area (Å²) in [7, 11) is 1.80. The van der Waals surface area contributed by atoms with Crippen molar-refractivity contribution in [1.82, 2.24) is 9.80 Å². The zero-order chi connectivity index (χ0) is 17.9. The lowest BCUT2D eigenvalue weighted by atomic mass is 9.81. The highest BCUT2D eigenvalue weighted by Gasteiger charge is 2.40. The van der Waals surface area contributed by atoms with Crippen LogP contribution in [0.15, 0.2) is 0 Å². The van der Waals surface area contributed by atoms with Crippen molar-refractivity contribution in [3.8, 4) is 0 Å². The minimum atomic E-state index is -0.840. The van der Waals surface area contributed by atoms with Crippen molar-refractivity contribution in [2.24, 2.45) is 0 Å². The van der Waals surface area contributed by atoms with E-state index in [-0.39, 0.29) is 24.4 Å². The first-order chi connectivity index (χ1) is 12.0. The van der Waals surface area contributed by atoms with Gasteiger partial charge in [0.1, 0.15) is 0 Å². The molecule has 6 heteroatoms. The van der Waals surface area contributed by atoms with E-state index in [0.29, 0.717) is 0 Å². The molecule has 0 radical (unpaired) electrons. The molecule has 2 aliphatic carbocycles. The van der Waals surface area contributed by atoms with Gasteiger partial charge in [0.25, 0.3) is 0 Å². The van der Waals surface area contributed by atoms with Gasteiger partial charge in [-0.1, -0.05) is 19.3 Å². The fourth-order valence-electron chi connectivity index (χ4n) is 4.84. The van der Waals surface area contributed by atoms with Crippen LogP contribution in [0.5, 0.6) is 0 Å². The minimum absolute atomic E-state index is 0.0314. The number of aliphatic hydroxyl groups is 2. The van der Waals surface area contributed by atoms with Gasteiger partial charge in [-0.2, -0.15) is 0 Å². The van der Waals surface area contributed by atoms with E-state index in [1.165, 1.54) is 0 Å². The van der Waals surface area contributed by atoms with Gasteiger partial charge >= 0.3 is 0 Å². The van der Waals surface area contributed by atoms with E-state index in [1.807, 2.05) is 0 Å². The Morgan fingerprint density at radius 1 is 1.16 bits per heavy atom. The van der Waals surface area contributed by atoms with E-state index >= 15 is 0 Å². The molecule has 3 rings (SSSR count). The van der Waals surface area contributed by atoms with E-state index < -0.39 is 11.7 Å². The number of amides is 1. The Labute approximate surface area is 151 Å². The zero-order valence-electron chi connectivity index (χ0n) is 15.5. The summed E-state index contributed by atoms with van der Waals surface area (Å²) < 4.78 is 5.42. The van der Waals surface area contributed by atoms with Crippen LogP contribution in [0.2, 0.25) is 0 Å². The molecule has 3 aliphatic rings. The van der Waals surface area contributed by atoms with Gasteiger partial charge in [0, 0.05) is 26.2 Å². The molecule has 25 heavy (non-hydrogen) atoms. The number of aliphatic hydroxyl groups excluding tert-OH is 1. The largest absolute Gasteiger partial charge is 0.389 e. The van der Waals surface area contributed by atoms with Gasteiger partial charge in [-0.05, 0) is 32.1 Å². The summed E-state index contributed by atoms with van der Waals surface area (Å²) >= 11 is 0. The van der Waals surface area contributed by atoms with Crippen LogP contribution in [0.3, 0.4) is 0 Å². The quantitative estimate of drug-likeness (QED) is 0.792. The van der Waals surface area contributed by atoms with E-state index in [2.05, 4.69) is 4.90 Å². The molecule has 2 N–H and O–H groups in total. The summed E-state index contributed by atoms with van der Waals surface area (Å²) in [5.41, 5.74) is -0.840.